The number of nitrogens with one attached hydrogen (secondary N) is 1. The maximum Gasteiger partial charge on any atom is 0.206 e. The molecule has 2 aromatic rings. The topological polar surface area (TPSA) is 110 Å². The van der Waals surface area contributed by atoms with Crippen LogP contribution in [0.1, 0.15) is 35.5 Å². The second kappa shape index (κ2) is 9.64. The maximum atomic E-state index is 13.6. The molecule has 30 heavy (non-hydrogen) atoms. The minimum Gasteiger partial charge on any atom is -0.505 e. The van der Waals surface area contributed by atoms with Gasteiger partial charge in [0.05, 0.1) is 19.3 Å². The Kier molecular flexibility index (Phi) is 6.96. The van der Waals surface area contributed by atoms with Gasteiger partial charge in [0.15, 0.2) is 16.7 Å². The van der Waals surface area contributed by atoms with Crippen LogP contribution in [0.4, 0.5) is 15.3 Å². The van der Waals surface area contributed by atoms with Crippen molar-refractivity contribution >= 4 is 34.3 Å². The van der Waals surface area contributed by atoms with Gasteiger partial charge in [0.2, 0.25) is 5.78 Å². The van der Waals surface area contributed by atoms with Crippen LogP contribution in [-0.2, 0) is 4.74 Å². The van der Waals surface area contributed by atoms with Crippen LogP contribution < -0.4 is 11.1 Å². The number of nitrogens with two attached hydrogens (primary N) is 1. The van der Waals surface area contributed by atoms with Crippen LogP contribution in [0.15, 0.2) is 46.6 Å². The molecule has 1 aliphatic rings. The number of allylic oxidation sites excluding steroid dienone is 1. The van der Waals surface area contributed by atoms with Crippen LogP contribution in [0, 0.1) is 5.82 Å². The Balaban J connectivity index is 1.67. The molecular weight excluding hydrogens is 407 g/mol. The number of nitrogens with zero attached hydrogens (tertiary/aromatic N) is 2. The predicted molar refractivity (Wildman–Crippen MR) is 117 cm³/mol. The van der Waals surface area contributed by atoms with Crippen molar-refractivity contribution in [2.75, 3.05) is 24.2 Å². The maximum absolute atomic E-state index is 13.6. The average molecular weight is 431 g/mol. The van der Waals surface area contributed by atoms with Crippen LogP contribution >= 0.6 is 11.3 Å². The highest BCUT2D eigenvalue weighted by Crippen LogP contribution is 2.31. The number of aromatic nitrogens is 1. The van der Waals surface area contributed by atoms with Crippen LogP contribution in [0.3, 0.4) is 0 Å². The summed E-state index contributed by atoms with van der Waals surface area (Å²) in [5.74, 6) is -1.77. The fraction of sp³-hybridized carbons (Fsp3) is 0.286. The van der Waals surface area contributed by atoms with Crippen molar-refractivity contribution in [2.45, 2.75) is 26.4 Å². The summed E-state index contributed by atoms with van der Waals surface area (Å²) in [5.41, 5.74) is 7.87. The van der Waals surface area contributed by atoms with E-state index in [1.807, 2.05) is 26.0 Å². The molecule has 9 heteroatoms. The van der Waals surface area contributed by atoms with Gasteiger partial charge in [0, 0.05) is 11.3 Å². The SMILES string of the molecule is CC=NCCOC1C=C(C)C(Nc2nc(N)c(C(=O)c3ccc(O)c(F)c3)s2)=CC1. The third kappa shape index (κ3) is 5.11. The van der Waals surface area contributed by atoms with Crippen LogP contribution in [-0.4, -0.2) is 41.3 Å². The summed E-state index contributed by atoms with van der Waals surface area (Å²) in [4.78, 5) is 21.2. The molecule has 0 spiro atoms. The number of carbonyl (C=O) groups excluding carboxylic acids is 1. The first-order valence-corrected chi connectivity index (χ1v) is 10.2. The van der Waals surface area contributed by atoms with Gasteiger partial charge in [-0.15, -0.1) is 0 Å². The molecule has 1 heterocycles. The molecule has 3 rings (SSSR count). The van der Waals surface area contributed by atoms with Gasteiger partial charge in [-0.3, -0.25) is 9.79 Å². The van der Waals surface area contributed by atoms with E-state index in [0.717, 1.165) is 34.7 Å². The summed E-state index contributed by atoms with van der Waals surface area (Å²) < 4.78 is 19.4. The first-order chi connectivity index (χ1) is 14.4. The standard InChI is InChI=1S/C21H23FN4O3S/c1-3-24-8-9-29-14-5-6-16(12(2)10-14)25-21-26-20(23)19(30-21)18(28)13-4-7-17(27)15(22)11-13/h3-4,6-7,10-11,14,27H,5,8-9,23H2,1-2H3,(H,25,26). The van der Waals surface area contributed by atoms with Gasteiger partial charge < -0.3 is 20.9 Å². The Morgan fingerprint density at radius 3 is 3.03 bits per heavy atom. The third-order valence-electron chi connectivity index (χ3n) is 4.46. The minimum atomic E-state index is -0.867. The van der Waals surface area contributed by atoms with Gasteiger partial charge in [-0.1, -0.05) is 23.5 Å². The molecule has 0 bridgehead atoms. The first-order valence-electron chi connectivity index (χ1n) is 9.40. The number of phenolic OH excluding ortho intramolecular Hbond substituents is 1. The highest BCUT2D eigenvalue weighted by molar-refractivity contribution is 7.18. The number of thiazole rings is 1. The smallest absolute Gasteiger partial charge is 0.206 e. The number of benzene rings is 1. The first kappa shape index (κ1) is 21.7. The van der Waals surface area contributed by atoms with E-state index in [2.05, 4.69) is 15.3 Å². The van der Waals surface area contributed by atoms with E-state index in [9.17, 15) is 14.3 Å². The van der Waals surface area contributed by atoms with Crippen LogP contribution in [0.5, 0.6) is 5.75 Å². The highest BCUT2D eigenvalue weighted by Gasteiger charge is 2.21. The summed E-state index contributed by atoms with van der Waals surface area (Å²) >= 11 is 1.09. The molecule has 1 aromatic carbocycles. The quantitative estimate of drug-likeness (QED) is 0.333. The van der Waals surface area contributed by atoms with Crippen molar-refractivity contribution in [3.8, 4) is 5.75 Å². The summed E-state index contributed by atoms with van der Waals surface area (Å²) in [6, 6.07) is 3.45. The zero-order valence-electron chi connectivity index (χ0n) is 16.7. The second-order valence-electron chi connectivity index (χ2n) is 6.63. The van der Waals surface area contributed by atoms with E-state index >= 15 is 0 Å². The lowest BCUT2D eigenvalue weighted by atomic mass is 10.0. The molecule has 0 saturated carbocycles. The van der Waals surface area contributed by atoms with Crippen molar-refractivity contribution in [3.63, 3.8) is 0 Å². The number of halogens is 1. The van der Waals surface area contributed by atoms with Crippen molar-refractivity contribution < 1.29 is 19.0 Å². The van der Waals surface area contributed by atoms with Crippen molar-refractivity contribution in [3.05, 3.63) is 57.9 Å². The molecule has 1 unspecified atom stereocenters. The number of anilines is 2. The third-order valence-corrected chi connectivity index (χ3v) is 5.45. The van der Waals surface area contributed by atoms with Gasteiger partial charge in [-0.2, -0.15) is 0 Å². The van der Waals surface area contributed by atoms with Crippen molar-refractivity contribution in [1.29, 1.82) is 0 Å². The lowest BCUT2D eigenvalue weighted by Gasteiger charge is -2.20. The number of aliphatic imine (C=N–C) groups is 1. The van der Waals surface area contributed by atoms with Crippen LogP contribution in [0.25, 0.3) is 0 Å². The van der Waals surface area contributed by atoms with E-state index in [1.54, 1.807) is 6.21 Å². The van der Waals surface area contributed by atoms with Crippen molar-refractivity contribution in [1.82, 2.24) is 4.98 Å². The Labute approximate surface area is 177 Å². The normalized spacial score (nSPS) is 16.4. The van der Waals surface area contributed by atoms with E-state index in [-0.39, 0.29) is 22.4 Å². The summed E-state index contributed by atoms with van der Waals surface area (Å²) in [5, 5.41) is 12.9. The number of ketones is 1. The number of carbonyl (C=O) groups is 1. The molecule has 0 saturated heterocycles. The Morgan fingerprint density at radius 2 is 2.33 bits per heavy atom. The lowest BCUT2D eigenvalue weighted by Crippen LogP contribution is -2.17. The molecule has 1 aliphatic carbocycles. The molecular formula is C21H23FN4O3S. The van der Waals surface area contributed by atoms with Gasteiger partial charge in [-0.05, 0) is 50.3 Å². The second-order valence-corrected chi connectivity index (χ2v) is 7.63. The Bertz CT molecular complexity index is 1030. The molecule has 0 radical (unpaired) electrons. The Morgan fingerprint density at radius 1 is 1.53 bits per heavy atom. The zero-order valence-corrected chi connectivity index (χ0v) is 17.5. The fourth-order valence-corrected chi connectivity index (χ4v) is 3.78. The predicted octanol–water partition coefficient (Wildman–Crippen LogP) is 3.92. The van der Waals surface area contributed by atoms with Crippen LogP contribution in [0.2, 0.25) is 0 Å². The molecule has 0 amide bonds. The van der Waals surface area contributed by atoms with E-state index in [0.29, 0.717) is 24.7 Å². The van der Waals surface area contributed by atoms with E-state index in [1.165, 1.54) is 6.07 Å². The number of nitrogen functional groups attached to an aromatic ring is 1. The monoisotopic (exact) mass is 430 g/mol. The zero-order chi connectivity index (χ0) is 21.7. The number of ether oxygens (including phenoxy) is 1. The summed E-state index contributed by atoms with van der Waals surface area (Å²) in [6.07, 6.45) is 6.49. The van der Waals surface area contributed by atoms with Gasteiger partial charge in [0.25, 0.3) is 0 Å². The van der Waals surface area contributed by atoms with E-state index in [4.69, 9.17) is 10.5 Å². The molecule has 1 atom stereocenters. The van der Waals surface area contributed by atoms with Gasteiger partial charge >= 0.3 is 0 Å². The summed E-state index contributed by atoms with van der Waals surface area (Å²) in [6.45, 7) is 5.02. The van der Waals surface area contributed by atoms with Gasteiger partial charge in [-0.25, -0.2) is 9.37 Å². The highest BCUT2D eigenvalue weighted by atomic mass is 32.1. The summed E-state index contributed by atoms with van der Waals surface area (Å²) in [7, 11) is 0. The Hall–Kier alpha value is -3.04. The number of phenols is 1. The molecule has 0 fully saturated rings. The number of hydrogen-bond donors (Lipinski definition) is 3. The molecule has 4 N–H and O–H groups in total. The lowest BCUT2D eigenvalue weighted by molar-refractivity contribution is 0.0923. The largest absolute Gasteiger partial charge is 0.505 e. The molecule has 7 nitrogen and oxygen atoms in total. The fourth-order valence-electron chi connectivity index (χ4n) is 2.93. The number of aromatic hydroxyl groups is 1. The minimum absolute atomic E-state index is 0.00879. The molecule has 0 aliphatic heterocycles. The molecule has 158 valence electrons. The van der Waals surface area contributed by atoms with E-state index < -0.39 is 17.3 Å². The molecule has 1 aromatic heterocycles. The van der Waals surface area contributed by atoms with Gasteiger partial charge in [0.1, 0.15) is 10.7 Å². The number of hydrogen-bond acceptors (Lipinski definition) is 8. The average Bonchev–Trinajstić information content (AvgIpc) is 3.09. The number of rotatable bonds is 8. The van der Waals surface area contributed by atoms with Crippen molar-refractivity contribution in [2.24, 2.45) is 4.99 Å².